The number of hydrogen-bond donors (Lipinski definition) is 1. The molecule has 2 aromatic carbocycles. The fourth-order valence-corrected chi connectivity index (χ4v) is 2.61. The summed E-state index contributed by atoms with van der Waals surface area (Å²) < 4.78 is 11.4. The van der Waals surface area contributed by atoms with E-state index in [1.807, 2.05) is 56.3 Å². The second kappa shape index (κ2) is 5.26. The molecule has 1 atom stereocenters. The first kappa shape index (κ1) is 13.7. The van der Waals surface area contributed by atoms with E-state index < -0.39 is 0 Å². The minimum atomic E-state index is -0.340. The van der Waals surface area contributed by atoms with E-state index in [-0.39, 0.29) is 6.04 Å². The molecule has 2 N–H and O–H groups in total. The Kier molecular flexibility index (Phi) is 3.43. The maximum Gasteiger partial charge on any atom is 0.137 e. The number of fused-ring (bicyclic) bond motifs is 1. The van der Waals surface area contributed by atoms with E-state index in [0.717, 1.165) is 39.2 Å². The van der Waals surface area contributed by atoms with Crippen LogP contribution in [0.5, 0.6) is 5.75 Å². The normalized spacial score (nSPS) is 12.6. The van der Waals surface area contributed by atoms with Gasteiger partial charge in [0, 0.05) is 10.9 Å². The number of methoxy groups -OCH3 is 1. The van der Waals surface area contributed by atoms with E-state index in [4.69, 9.17) is 14.9 Å². The van der Waals surface area contributed by atoms with Crippen LogP contribution in [0.2, 0.25) is 0 Å². The van der Waals surface area contributed by atoms with Gasteiger partial charge in [0.2, 0.25) is 0 Å². The topological polar surface area (TPSA) is 48.4 Å². The van der Waals surface area contributed by atoms with E-state index in [1.165, 1.54) is 0 Å². The molecule has 0 aliphatic rings. The van der Waals surface area contributed by atoms with Crippen LogP contribution in [-0.4, -0.2) is 7.11 Å². The number of benzene rings is 2. The number of ether oxygens (including phenoxy) is 1. The highest BCUT2D eigenvalue weighted by molar-refractivity contribution is 5.81. The van der Waals surface area contributed by atoms with Crippen LogP contribution in [-0.2, 0) is 0 Å². The second-order valence-electron chi connectivity index (χ2n) is 5.37. The van der Waals surface area contributed by atoms with Crippen molar-refractivity contribution in [1.82, 2.24) is 0 Å². The zero-order valence-corrected chi connectivity index (χ0v) is 12.5. The molecule has 0 bridgehead atoms. The Morgan fingerprint density at radius 2 is 1.90 bits per heavy atom. The van der Waals surface area contributed by atoms with Gasteiger partial charge < -0.3 is 14.9 Å². The average molecular weight is 281 g/mol. The van der Waals surface area contributed by atoms with Crippen LogP contribution in [0.25, 0.3) is 11.0 Å². The molecule has 0 amide bonds. The van der Waals surface area contributed by atoms with Gasteiger partial charge in [-0.1, -0.05) is 30.3 Å². The Bertz CT molecular complexity index is 789. The molecule has 21 heavy (non-hydrogen) atoms. The molecule has 0 saturated heterocycles. The van der Waals surface area contributed by atoms with Crippen molar-refractivity contribution in [2.24, 2.45) is 5.73 Å². The predicted molar refractivity (Wildman–Crippen MR) is 84.7 cm³/mol. The van der Waals surface area contributed by atoms with Crippen LogP contribution in [0.1, 0.15) is 28.5 Å². The first-order valence-electron chi connectivity index (χ1n) is 6.99. The summed E-state index contributed by atoms with van der Waals surface area (Å²) in [7, 11) is 1.66. The van der Waals surface area contributed by atoms with Gasteiger partial charge in [-0.25, -0.2) is 0 Å². The fourth-order valence-electron chi connectivity index (χ4n) is 2.61. The number of rotatable bonds is 3. The Hall–Kier alpha value is -2.26. The molecule has 3 heteroatoms. The van der Waals surface area contributed by atoms with Gasteiger partial charge in [-0.15, -0.1) is 0 Å². The van der Waals surface area contributed by atoms with Gasteiger partial charge >= 0.3 is 0 Å². The lowest BCUT2D eigenvalue weighted by molar-refractivity contribution is 0.404. The zero-order valence-electron chi connectivity index (χ0n) is 12.5. The predicted octanol–water partition coefficient (Wildman–Crippen LogP) is 4.11. The summed E-state index contributed by atoms with van der Waals surface area (Å²) in [6.07, 6.45) is 0. The van der Waals surface area contributed by atoms with Gasteiger partial charge in [-0.2, -0.15) is 0 Å². The lowest BCUT2D eigenvalue weighted by Gasteiger charge is -2.14. The molecule has 3 rings (SSSR count). The number of aryl methyl sites for hydroxylation is 2. The lowest BCUT2D eigenvalue weighted by Crippen LogP contribution is -2.12. The highest BCUT2D eigenvalue weighted by Gasteiger charge is 2.18. The minimum Gasteiger partial charge on any atom is -0.496 e. The molecule has 3 nitrogen and oxygen atoms in total. The Balaban J connectivity index is 2.08. The summed E-state index contributed by atoms with van der Waals surface area (Å²) in [5.41, 5.74) is 10.5. The van der Waals surface area contributed by atoms with Crippen molar-refractivity contribution < 1.29 is 9.15 Å². The van der Waals surface area contributed by atoms with Crippen LogP contribution >= 0.6 is 0 Å². The molecule has 0 aliphatic carbocycles. The van der Waals surface area contributed by atoms with Crippen molar-refractivity contribution in [2.45, 2.75) is 19.9 Å². The summed E-state index contributed by atoms with van der Waals surface area (Å²) in [4.78, 5) is 0. The van der Waals surface area contributed by atoms with Crippen LogP contribution in [0.3, 0.4) is 0 Å². The quantitative estimate of drug-likeness (QED) is 0.786. The van der Waals surface area contributed by atoms with E-state index in [0.29, 0.717) is 0 Å². The summed E-state index contributed by atoms with van der Waals surface area (Å²) in [5, 5.41) is 1.08. The molecule has 108 valence electrons. The minimum absolute atomic E-state index is 0.340. The Morgan fingerprint density at radius 1 is 1.10 bits per heavy atom. The third-order valence-corrected chi connectivity index (χ3v) is 3.79. The van der Waals surface area contributed by atoms with E-state index in [2.05, 4.69) is 0 Å². The SMILES string of the molecule is COc1cc(C)ccc1C(N)c1cc2cccc(C)c2o1. The van der Waals surface area contributed by atoms with Crippen molar-refractivity contribution in [3.8, 4) is 5.75 Å². The highest BCUT2D eigenvalue weighted by atomic mass is 16.5. The van der Waals surface area contributed by atoms with Crippen molar-refractivity contribution in [2.75, 3.05) is 7.11 Å². The van der Waals surface area contributed by atoms with Crippen LogP contribution < -0.4 is 10.5 Å². The van der Waals surface area contributed by atoms with Crippen molar-refractivity contribution in [3.63, 3.8) is 0 Å². The van der Waals surface area contributed by atoms with Crippen LogP contribution in [0.4, 0.5) is 0 Å². The molecule has 1 unspecified atom stereocenters. The third kappa shape index (κ3) is 2.41. The molecule has 0 saturated carbocycles. The third-order valence-electron chi connectivity index (χ3n) is 3.79. The molecule has 0 spiro atoms. The molecular formula is C18H19NO2. The second-order valence-corrected chi connectivity index (χ2v) is 5.37. The monoisotopic (exact) mass is 281 g/mol. The van der Waals surface area contributed by atoms with E-state index in [1.54, 1.807) is 7.11 Å². The van der Waals surface area contributed by atoms with Crippen LogP contribution in [0, 0.1) is 13.8 Å². The van der Waals surface area contributed by atoms with Gasteiger partial charge in [-0.05, 0) is 37.1 Å². The first-order chi connectivity index (χ1) is 10.1. The molecule has 0 aliphatic heterocycles. The molecule has 1 heterocycles. The van der Waals surface area contributed by atoms with Gasteiger partial charge in [0.25, 0.3) is 0 Å². The average Bonchev–Trinajstić information content (AvgIpc) is 2.92. The van der Waals surface area contributed by atoms with Crippen molar-refractivity contribution >= 4 is 11.0 Å². The maximum absolute atomic E-state index is 6.38. The summed E-state index contributed by atoms with van der Waals surface area (Å²) in [6.45, 7) is 4.07. The van der Waals surface area contributed by atoms with Gasteiger partial charge in [0.15, 0.2) is 0 Å². The summed E-state index contributed by atoms with van der Waals surface area (Å²) in [6, 6.07) is 13.8. The summed E-state index contributed by atoms with van der Waals surface area (Å²) >= 11 is 0. The molecule has 0 radical (unpaired) electrons. The molecule has 0 fully saturated rings. The Labute approximate surface area is 124 Å². The first-order valence-corrected chi connectivity index (χ1v) is 6.99. The smallest absolute Gasteiger partial charge is 0.137 e. The number of furan rings is 1. The van der Waals surface area contributed by atoms with Crippen molar-refractivity contribution in [3.05, 3.63) is 64.9 Å². The molecule has 1 aromatic heterocycles. The van der Waals surface area contributed by atoms with Gasteiger partial charge in [0.05, 0.1) is 13.2 Å². The van der Waals surface area contributed by atoms with Gasteiger partial charge in [-0.3, -0.25) is 0 Å². The lowest BCUT2D eigenvalue weighted by atomic mass is 10.0. The zero-order chi connectivity index (χ0) is 15.0. The maximum atomic E-state index is 6.38. The molecular weight excluding hydrogens is 262 g/mol. The van der Waals surface area contributed by atoms with Crippen LogP contribution in [0.15, 0.2) is 46.9 Å². The Morgan fingerprint density at radius 3 is 2.62 bits per heavy atom. The van der Waals surface area contributed by atoms with E-state index >= 15 is 0 Å². The van der Waals surface area contributed by atoms with Gasteiger partial charge in [0.1, 0.15) is 17.1 Å². The number of nitrogens with two attached hydrogens (primary N) is 1. The number of para-hydroxylation sites is 1. The highest BCUT2D eigenvalue weighted by Crippen LogP contribution is 2.33. The molecule has 3 aromatic rings. The fraction of sp³-hybridized carbons (Fsp3) is 0.222. The summed E-state index contributed by atoms with van der Waals surface area (Å²) in [5.74, 6) is 1.54. The van der Waals surface area contributed by atoms with Crippen molar-refractivity contribution in [1.29, 1.82) is 0 Å². The standard InChI is InChI=1S/C18H19NO2/c1-11-7-8-14(15(9-11)20-3)17(19)16-10-13-6-4-5-12(2)18(13)21-16/h4-10,17H,19H2,1-3H3. The van der Waals surface area contributed by atoms with E-state index in [9.17, 15) is 0 Å². The largest absolute Gasteiger partial charge is 0.496 e. The number of hydrogen-bond acceptors (Lipinski definition) is 3.